The van der Waals surface area contributed by atoms with Gasteiger partial charge in [-0.05, 0) is 44.4 Å². The van der Waals surface area contributed by atoms with E-state index in [0.29, 0.717) is 5.41 Å². The van der Waals surface area contributed by atoms with E-state index in [1.54, 1.807) is 5.57 Å². The van der Waals surface area contributed by atoms with Crippen LogP contribution in [-0.2, 0) is 0 Å². The summed E-state index contributed by atoms with van der Waals surface area (Å²) in [5.74, 6) is 0.881. The zero-order chi connectivity index (χ0) is 10.9. The van der Waals surface area contributed by atoms with Gasteiger partial charge in [0.15, 0.2) is 0 Å². The lowest BCUT2D eigenvalue weighted by molar-refractivity contribution is 0.607. The van der Waals surface area contributed by atoms with Crippen molar-refractivity contribution in [3.8, 4) is 0 Å². The molecule has 0 amide bonds. The van der Waals surface area contributed by atoms with E-state index in [0.717, 1.165) is 5.92 Å². The Morgan fingerprint density at radius 3 is 2.80 bits per heavy atom. The fraction of sp³-hybridized carbons (Fsp3) is 0.714. The second kappa shape index (κ2) is 4.60. The lowest BCUT2D eigenvalue weighted by Crippen LogP contribution is -2.09. The normalized spacial score (nSPS) is 34.8. The lowest BCUT2D eigenvalue weighted by Gasteiger charge is -2.20. The Kier molecular flexibility index (Phi) is 3.59. The molecule has 1 heteroatoms. The summed E-state index contributed by atoms with van der Waals surface area (Å²) in [5, 5.41) is 0. The topological polar surface area (TPSA) is 0 Å². The van der Waals surface area contributed by atoms with E-state index in [9.17, 15) is 0 Å². The highest BCUT2D eigenvalue weighted by Crippen LogP contribution is 2.59. The summed E-state index contributed by atoms with van der Waals surface area (Å²) in [4.78, 5) is 0. The average Bonchev–Trinajstić information content (AvgIpc) is 2.92. The monoisotopic (exact) mass is 316 g/mol. The van der Waals surface area contributed by atoms with Gasteiger partial charge in [0.25, 0.3) is 0 Å². The summed E-state index contributed by atoms with van der Waals surface area (Å²) in [6.07, 6.45) is 10.4. The van der Waals surface area contributed by atoms with Gasteiger partial charge in [0.1, 0.15) is 0 Å². The van der Waals surface area contributed by atoms with Crippen molar-refractivity contribution in [2.75, 3.05) is 4.43 Å². The molecule has 0 N–H and O–H groups in total. The second-order valence-corrected chi connectivity index (χ2v) is 6.05. The van der Waals surface area contributed by atoms with Crippen molar-refractivity contribution in [2.24, 2.45) is 11.3 Å². The van der Waals surface area contributed by atoms with Crippen molar-refractivity contribution < 1.29 is 0 Å². The Hall–Kier alpha value is 0.210. The van der Waals surface area contributed by atoms with E-state index in [-0.39, 0.29) is 0 Å². The number of rotatable bonds is 4. The first-order chi connectivity index (χ1) is 7.19. The third-order valence-corrected chi connectivity index (χ3v) is 5.58. The highest BCUT2D eigenvalue weighted by Gasteiger charge is 2.51. The smallest absolute Gasteiger partial charge is 0.00920 e. The summed E-state index contributed by atoms with van der Waals surface area (Å²) in [7, 11) is 0. The molecule has 2 unspecified atom stereocenters. The highest BCUT2D eigenvalue weighted by molar-refractivity contribution is 14.1. The first-order valence-corrected chi connectivity index (χ1v) is 7.64. The third-order valence-electron chi connectivity index (χ3n) is 4.22. The van der Waals surface area contributed by atoms with Crippen LogP contribution in [0.25, 0.3) is 0 Å². The summed E-state index contributed by atoms with van der Waals surface area (Å²) in [6.45, 7) is 6.73. The molecule has 2 atom stereocenters. The van der Waals surface area contributed by atoms with Gasteiger partial charge in [-0.2, -0.15) is 0 Å². The molecule has 15 heavy (non-hydrogen) atoms. The Morgan fingerprint density at radius 1 is 1.60 bits per heavy atom. The van der Waals surface area contributed by atoms with Gasteiger partial charge in [0.2, 0.25) is 0 Å². The van der Waals surface area contributed by atoms with Gasteiger partial charge in [0.05, 0.1) is 0 Å². The molecule has 0 bridgehead atoms. The van der Waals surface area contributed by atoms with Gasteiger partial charge in [-0.15, -0.1) is 0 Å². The van der Waals surface area contributed by atoms with E-state index < -0.39 is 0 Å². The van der Waals surface area contributed by atoms with Crippen LogP contribution in [0.4, 0.5) is 0 Å². The van der Waals surface area contributed by atoms with Crippen LogP contribution in [-0.4, -0.2) is 4.43 Å². The van der Waals surface area contributed by atoms with Crippen molar-refractivity contribution >= 4 is 22.6 Å². The molecule has 0 nitrogen and oxygen atoms in total. The van der Waals surface area contributed by atoms with Crippen molar-refractivity contribution in [3.63, 3.8) is 0 Å². The molecule has 2 aliphatic rings. The average molecular weight is 316 g/mol. The molecule has 0 radical (unpaired) electrons. The van der Waals surface area contributed by atoms with Gasteiger partial charge < -0.3 is 0 Å². The van der Waals surface area contributed by atoms with E-state index in [4.69, 9.17) is 0 Å². The molecule has 0 aromatic rings. The molecule has 2 rings (SSSR count). The molecule has 0 saturated heterocycles. The molecule has 0 aromatic heterocycles. The van der Waals surface area contributed by atoms with E-state index >= 15 is 0 Å². The Balaban J connectivity index is 1.95. The Morgan fingerprint density at radius 2 is 2.33 bits per heavy atom. The van der Waals surface area contributed by atoms with Crippen LogP contribution in [0.3, 0.4) is 0 Å². The molecule has 2 aliphatic carbocycles. The predicted octanol–water partition coefficient (Wildman–Crippen LogP) is 4.89. The summed E-state index contributed by atoms with van der Waals surface area (Å²) in [5.41, 5.74) is 3.69. The summed E-state index contributed by atoms with van der Waals surface area (Å²) >= 11 is 2.54. The van der Waals surface area contributed by atoms with E-state index in [2.05, 4.69) is 42.2 Å². The summed E-state index contributed by atoms with van der Waals surface area (Å²) in [6, 6.07) is 0. The van der Waals surface area contributed by atoms with Crippen LogP contribution < -0.4 is 0 Å². The van der Waals surface area contributed by atoms with Gasteiger partial charge in [-0.1, -0.05) is 53.3 Å². The molecule has 0 aromatic carbocycles. The second-order valence-electron chi connectivity index (χ2n) is 5.28. The summed E-state index contributed by atoms with van der Waals surface area (Å²) < 4.78 is 1.26. The van der Waals surface area contributed by atoms with Gasteiger partial charge in [-0.25, -0.2) is 0 Å². The van der Waals surface area contributed by atoms with Gasteiger partial charge >= 0.3 is 0 Å². The van der Waals surface area contributed by atoms with Crippen molar-refractivity contribution in [1.82, 2.24) is 0 Å². The maximum absolute atomic E-state index is 4.36. The number of alkyl halides is 1. The molecule has 0 heterocycles. The first kappa shape index (κ1) is 11.7. The third kappa shape index (κ3) is 2.32. The standard InChI is InChI=1S/C14H21I/c1-11(14(10-15)9-12(14)2)8-13-6-4-3-5-7-13/h6,12H,1,3-5,7-10H2,2H3. The van der Waals surface area contributed by atoms with Crippen LogP contribution in [0, 0.1) is 11.3 Å². The first-order valence-electron chi connectivity index (χ1n) is 6.11. The van der Waals surface area contributed by atoms with Crippen LogP contribution in [0.15, 0.2) is 23.8 Å². The molecule has 84 valence electrons. The highest BCUT2D eigenvalue weighted by atomic mass is 127. The molecule has 1 fully saturated rings. The molecule has 0 spiro atoms. The van der Waals surface area contributed by atoms with Crippen molar-refractivity contribution in [2.45, 2.75) is 45.4 Å². The quantitative estimate of drug-likeness (QED) is 0.393. The van der Waals surface area contributed by atoms with Crippen LogP contribution >= 0.6 is 22.6 Å². The predicted molar refractivity (Wildman–Crippen MR) is 75.4 cm³/mol. The largest absolute Gasteiger partial charge is 0.0989 e. The lowest BCUT2D eigenvalue weighted by atomic mass is 9.87. The fourth-order valence-electron chi connectivity index (χ4n) is 2.78. The Labute approximate surface area is 107 Å². The van der Waals surface area contributed by atoms with E-state index in [1.165, 1.54) is 48.5 Å². The maximum Gasteiger partial charge on any atom is 0.00920 e. The molecule has 0 aliphatic heterocycles. The van der Waals surface area contributed by atoms with Crippen LogP contribution in [0.1, 0.15) is 45.4 Å². The number of hydrogen-bond donors (Lipinski definition) is 0. The Bertz CT molecular complexity index is 286. The van der Waals surface area contributed by atoms with Crippen LogP contribution in [0.5, 0.6) is 0 Å². The van der Waals surface area contributed by atoms with E-state index in [1.807, 2.05) is 0 Å². The number of hydrogen-bond acceptors (Lipinski definition) is 0. The molecular weight excluding hydrogens is 295 g/mol. The number of allylic oxidation sites excluding steroid dienone is 3. The minimum Gasteiger partial charge on any atom is -0.0989 e. The minimum absolute atomic E-state index is 0.513. The SMILES string of the molecule is C=C(CC1=CCCCC1)C1(CI)CC1C. The van der Waals surface area contributed by atoms with Gasteiger partial charge in [0, 0.05) is 9.84 Å². The minimum atomic E-state index is 0.513. The van der Waals surface area contributed by atoms with Crippen molar-refractivity contribution in [3.05, 3.63) is 23.8 Å². The van der Waals surface area contributed by atoms with Gasteiger partial charge in [-0.3, -0.25) is 0 Å². The molecular formula is C14H21I. The zero-order valence-electron chi connectivity index (χ0n) is 9.69. The molecule has 1 saturated carbocycles. The van der Waals surface area contributed by atoms with Crippen LogP contribution in [0.2, 0.25) is 0 Å². The van der Waals surface area contributed by atoms with Crippen molar-refractivity contribution in [1.29, 1.82) is 0 Å². The fourth-order valence-corrected chi connectivity index (χ4v) is 4.38. The maximum atomic E-state index is 4.36. The zero-order valence-corrected chi connectivity index (χ0v) is 11.8. The number of halogens is 1.